The molecule has 2 rings (SSSR count). The van der Waals surface area contributed by atoms with Crippen LogP contribution in [0.25, 0.3) is 0 Å². The van der Waals surface area contributed by atoms with E-state index >= 15 is 0 Å². The molecule has 1 unspecified atom stereocenters. The third kappa shape index (κ3) is 3.95. The Balaban J connectivity index is 1.99. The topological polar surface area (TPSA) is 42.2 Å². The van der Waals surface area contributed by atoms with Crippen LogP contribution in [0.5, 0.6) is 0 Å². The second-order valence-corrected chi connectivity index (χ2v) is 6.38. The van der Waals surface area contributed by atoms with Crippen molar-refractivity contribution in [1.82, 2.24) is 4.98 Å². The zero-order valence-corrected chi connectivity index (χ0v) is 13.2. The van der Waals surface area contributed by atoms with Gasteiger partial charge in [-0.05, 0) is 50.2 Å². The van der Waals surface area contributed by atoms with Crippen LogP contribution in [0.4, 0.5) is 5.82 Å². The van der Waals surface area contributed by atoms with Gasteiger partial charge < -0.3 is 10.6 Å². The third-order valence-electron chi connectivity index (χ3n) is 4.28. The van der Waals surface area contributed by atoms with Crippen molar-refractivity contribution in [3.05, 3.63) is 23.4 Å². The van der Waals surface area contributed by atoms with Crippen LogP contribution >= 0.6 is 0 Å². The summed E-state index contributed by atoms with van der Waals surface area (Å²) in [4.78, 5) is 7.15. The van der Waals surface area contributed by atoms with Crippen LogP contribution in [0, 0.1) is 12.8 Å². The van der Waals surface area contributed by atoms with Crippen molar-refractivity contribution in [1.29, 1.82) is 0 Å². The highest BCUT2D eigenvalue weighted by molar-refractivity contribution is 5.47. The van der Waals surface area contributed by atoms with E-state index in [9.17, 15) is 0 Å². The van der Waals surface area contributed by atoms with Crippen molar-refractivity contribution in [3.63, 3.8) is 0 Å². The number of anilines is 1. The van der Waals surface area contributed by atoms with Crippen LogP contribution in [0.3, 0.4) is 0 Å². The van der Waals surface area contributed by atoms with Gasteiger partial charge in [-0.1, -0.05) is 25.8 Å². The molecule has 1 atom stereocenters. The Morgan fingerprint density at radius 3 is 2.65 bits per heavy atom. The molecule has 0 saturated carbocycles. The van der Waals surface area contributed by atoms with Gasteiger partial charge in [0.15, 0.2) is 0 Å². The van der Waals surface area contributed by atoms with E-state index in [1.165, 1.54) is 42.6 Å². The van der Waals surface area contributed by atoms with E-state index < -0.39 is 0 Å². The smallest absolute Gasteiger partial charge is 0.131 e. The van der Waals surface area contributed by atoms with E-state index in [1.54, 1.807) is 0 Å². The molecule has 0 amide bonds. The fourth-order valence-electron chi connectivity index (χ4n) is 3.28. The van der Waals surface area contributed by atoms with Crippen molar-refractivity contribution in [2.75, 3.05) is 18.0 Å². The van der Waals surface area contributed by atoms with Crippen molar-refractivity contribution >= 4 is 5.82 Å². The zero-order chi connectivity index (χ0) is 14.5. The van der Waals surface area contributed by atoms with Crippen LogP contribution < -0.4 is 10.6 Å². The van der Waals surface area contributed by atoms with E-state index in [4.69, 9.17) is 10.7 Å². The molecule has 2 heterocycles. The summed E-state index contributed by atoms with van der Waals surface area (Å²) in [6.07, 6.45) is 8.24. The Hall–Kier alpha value is -1.09. The molecule has 0 aromatic carbocycles. The molecule has 0 radical (unpaired) electrons. The lowest BCUT2D eigenvalue weighted by atomic mass is 9.92. The van der Waals surface area contributed by atoms with Crippen molar-refractivity contribution in [2.24, 2.45) is 11.7 Å². The molecule has 3 heteroatoms. The molecule has 1 aromatic rings. The average molecular weight is 275 g/mol. The number of piperidine rings is 1. The number of hydrogen-bond acceptors (Lipinski definition) is 3. The lowest BCUT2D eigenvalue weighted by molar-refractivity contribution is 0.377. The minimum absolute atomic E-state index is 0.201. The molecular formula is C17H29N3. The second-order valence-electron chi connectivity index (χ2n) is 6.38. The molecule has 0 spiro atoms. The molecule has 2 N–H and O–H groups in total. The monoisotopic (exact) mass is 275 g/mol. The van der Waals surface area contributed by atoms with Crippen molar-refractivity contribution in [2.45, 2.75) is 58.9 Å². The minimum Gasteiger partial charge on any atom is -0.356 e. The number of hydrogen-bond donors (Lipinski definition) is 1. The molecular weight excluding hydrogens is 246 g/mol. The van der Waals surface area contributed by atoms with Gasteiger partial charge >= 0.3 is 0 Å². The van der Waals surface area contributed by atoms with Gasteiger partial charge in [-0.2, -0.15) is 0 Å². The molecule has 112 valence electrons. The van der Waals surface area contributed by atoms with Crippen LogP contribution in [-0.4, -0.2) is 24.1 Å². The second kappa shape index (κ2) is 7.07. The molecule has 0 aliphatic carbocycles. The fraction of sp³-hybridized carbons (Fsp3) is 0.706. The quantitative estimate of drug-likeness (QED) is 0.896. The maximum atomic E-state index is 5.86. The molecule has 1 aromatic heterocycles. The summed E-state index contributed by atoms with van der Waals surface area (Å²) in [5.74, 6) is 2.10. The molecule has 0 bridgehead atoms. The molecule has 1 aliphatic rings. The average Bonchev–Trinajstić information content (AvgIpc) is 2.40. The molecule has 1 saturated heterocycles. The number of nitrogens with zero attached hydrogens (tertiary/aromatic N) is 2. The summed E-state index contributed by atoms with van der Waals surface area (Å²) >= 11 is 0. The number of rotatable bonds is 5. The predicted octanol–water partition coefficient (Wildman–Crippen LogP) is 3.30. The maximum absolute atomic E-state index is 5.86. The van der Waals surface area contributed by atoms with Crippen LogP contribution in [0.2, 0.25) is 0 Å². The minimum atomic E-state index is 0.201. The van der Waals surface area contributed by atoms with Gasteiger partial charge in [0, 0.05) is 25.3 Å². The Morgan fingerprint density at radius 1 is 1.40 bits per heavy atom. The van der Waals surface area contributed by atoms with E-state index in [0.29, 0.717) is 0 Å². The van der Waals surface area contributed by atoms with E-state index in [-0.39, 0.29) is 6.04 Å². The normalized spacial score (nSPS) is 18.3. The number of aromatic nitrogens is 1. The SMILES string of the molecule is CCCC1CCN(c2ncc(CC(C)N)cc2C)CC1. The first-order chi connectivity index (χ1) is 9.60. The zero-order valence-electron chi connectivity index (χ0n) is 13.2. The lowest BCUT2D eigenvalue weighted by Crippen LogP contribution is -2.34. The number of aryl methyl sites for hydroxylation is 1. The highest BCUT2D eigenvalue weighted by Gasteiger charge is 2.20. The maximum Gasteiger partial charge on any atom is 0.131 e. The summed E-state index contributed by atoms with van der Waals surface area (Å²) in [5, 5.41) is 0. The van der Waals surface area contributed by atoms with Crippen LogP contribution in [-0.2, 0) is 6.42 Å². The Labute approximate surface area is 123 Å². The van der Waals surface area contributed by atoms with Gasteiger partial charge in [0.1, 0.15) is 5.82 Å². The van der Waals surface area contributed by atoms with E-state index in [1.807, 2.05) is 13.1 Å². The first kappa shape index (κ1) is 15.3. The first-order valence-corrected chi connectivity index (χ1v) is 8.06. The van der Waals surface area contributed by atoms with E-state index in [2.05, 4.69) is 24.8 Å². The Bertz CT molecular complexity index is 420. The number of nitrogens with two attached hydrogens (primary N) is 1. The van der Waals surface area contributed by atoms with Crippen LogP contribution in [0.15, 0.2) is 12.3 Å². The van der Waals surface area contributed by atoms with Crippen molar-refractivity contribution in [3.8, 4) is 0 Å². The molecule has 20 heavy (non-hydrogen) atoms. The highest BCUT2D eigenvalue weighted by Crippen LogP contribution is 2.27. The van der Waals surface area contributed by atoms with Gasteiger partial charge in [0.2, 0.25) is 0 Å². The third-order valence-corrected chi connectivity index (χ3v) is 4.28. The summed E-state index contributed by atoms with van der Waals surface area (Å²) in [6.45, 7) is 8.82. The van der Waals surface area contributed by atoms with Crippen molar-refractivity contribution < 1.29 is 0 Å². The van der Waals surface area contributed by atoms with Crippen LogP contribution in [0.1, 0.15) is 50.7 Å². The molecule has 1 aliphatic heterocycles. The fourth-order valence-corrected chi connectivity index (χ4v) is 3.28. The highest BCUT2D eigenvalue weighted by atomic mass is 15.2. The summed E-state index contributed by atoms with van der Waals surface area (Å²) in [6, 6.07) is 2.45. The standard InChI is InChI=1S/C17H29N3/c1-4-5-15-6-8-20(9-7-15)17-13(2)10-16(12-19-17)11-14(3)18/h10,12,14-15H,4-9,11,18H2,1-3H3. The van der Waals surface area contributed by atoms with Gasteiger partial charge in [0.25, 0.3) is 0 Å². The summed E-state index contributed by atoms with van der Waals surface area (Å²) in [5.41, 5.74) is 8.40. The first-order valence-electron chi connectivity index (χ1n) is 8.06. The van der Waals surface area contributed by atoms with Gasteiger partial charge in [0.05, 0.1) is 0 Å². The lowest BCUT2D eigenvalue weighted by Gasteiger charge is -2.33. The molecule has 1 fully saturated rings. The van der Waals surface area contributed by atoms with E-state index in [0.717, 1.165) is 25.4 Å². The largest absolute Gasteiger partial charge is 0.356 e. The predicted molar refractivity (Wildman–Crippen MR) is 86.2 cm³/mol. The summed E-state index contributed by atoms with van der Waals surface area (Å²) < 4.78 is 0. The summed E-state index contributed by atoms with van der Waals surface area (Å²) in [7, 11) is 0. The number of pyridine rings is 1. The Kier molecular flexibility index (Phi) is 5.41. The van der Waals surface area contributed by atoms with Gasteiger partial charge in [-0.3, -0.25) is 0 Å². The van der Waals surface area contributed by atoms with Gasteiger partial charge in [-0.25, -0.2) is 4.98 Å². The van der Waals surface area contributed by atoms with Gasteiger partial charge in [-0.15, -0.1) is 0 Å². The Morgan fingerprint density at radius 2 is 2.10 bits per heavy atom. The molecule has 3 nitrogen and oxygen atoms in total.